The summed E-state index contributed by atoms with van der Waals surface area (Å²) in [6, 6.07) is 0. The molecule has 1 saturated carbocycles. The summed E-state index contributed by atoms with van der Waals surface area (Å²) in [7, 11) is 1.58. The Bertz CT molecular complexity index is 466. The van der Waals surface area contributed by atoms with Crippen LogP contribution < -0.4 is 0 Å². The van der Waals surface area contributed by atoms with E-state index >= 15 is 0 Å². The van der Waals surface area contributed by atoms with Crippen LogP contribution in [-0.2, 0) is 16.1 Å². The molecule has 0 spiro atoms. The van der Waals surface area contributed by atoms with Crippen LogP contribution in [-0.4, -0.2) is 38.4 Å². The van der Waals surface area contributed by atoms with Crippen molar-refractivity contribution in [3.05, 3.63) is 5.82 Å². The summed E-state index contributed by atoms with van der Waals surface area (Å²) in [5.74, 6) is 0.413. The van der Waals surface area contributed by atoms with Gasteiger partial charge in [0.2, 0.25) is 0 Å². The number of rotatable bonds is 5. The molecule has 1 heterocycles. The van der Waals surface area contributed by atoms with E-state index in [0.29, 0.717) is 31.1 Å². The number of hydrogen-bond acceptors (Lipinski definition) is 5. The predicted molar refractivity (Wildman–Crippen MR) is 70.9 cm³/mol. The minimum absolute atomic E-state index is 0.252. The standard InChI is InChI=1S/C13H22N4O3/c1-9-4-6-13(7-5-9,12(18)19)8-17-11(10(2)20-3)14-15-16-17/h9-10H,4-8H2,1-3H3,(H,18,19). The van der Waals surface area contributed by atoms with E-state index in [1.165, 1.54) is 0 Å². The summed E-state index contributed by atoms with van der Waals surface area (Å²) in [6.45, 7) is 4.32. The van der Waals surface area contributed by atoms with E-state index < -0.39 is 11.4 Å². The summed E-state index contributed by atoms with van der Waals surface area (Å²) in [5, 5.41) is 21.2. The van der Waals surface area contributed by atoms with Crippen LogP contribution in [0.25, 0.3) is 0 Å². The highest BCUT2D eigenvalue weighted by molar-refractivity contribution is 5.74. The summed E-state index contributed by atoms with van der Waals surface area (Å²) in [5.41, 5.74) is -0.760. The zero-order chi connectivity index (χ0) is 14.8. The first kappa shape index (κ1) is 14.9. The van der Waals surface area contributed by atoms with E-state index in [2.05, 4.69) is 22.4 Å². The van der Waals surface area contributed by atoms with Gasteiger partial charge in [-0.15, -0.1) is 5.10 Å². The fourth-order valence-corrected chi connectivity index (χ4v) is 2.76. The van der Waals surface area contributed by atoms with E-state index in [4.69, 9.17) is 4.74 Å². The highest BCUT2D eigenvalue weighted by Crippen LogP contribution is 2.40. The van der Waals surface area contributed by atoms with E-state index in [9.17, 15) is 9.90 Å². The molecule has 20 heavy (non-hydrogen) atoms. The highest BCUT2D eigenvalue weighted by Gasteiger charge is 2.42. The Hall–Kier alpha value is -1.50. The van der Waals surface area contributed by atoms with Crippen LogP contribution >= 0.6 is 0 Å². The van der Waals surface area contributed by atoms with Gasteiger partial charge in [-0.05, 0) is 49.0 Å². The molecule has 1 N–H and O–H groups in total. The predicted octanol–water partition coefficient (Wildman–Crippen LogP) is 1.66. The number of ether oxygens (including phenoxy) is 1. The third-order valence-electron chi connectivity index (χ3n) is 4.41. The van der Waals surface area contributed by atoms with Crippen molar-refractivity contribution in [2.24, 2.45) is 11.3 Å². The molecule has 0 bridgehead atoms. The lowest BCUT2D eigenvalue weighted by atomic mass is 9.71. The first-order valence-corrected chi connectivity index (χ1v) is 7.01. The number of nitrogens with zero attached hydrogens (tertiary/aromatic N) is 4. The normalized spacial score (nSPS) is 28.2. The number of carbonyl (C=O) groups is 1. The zero-order valence-corrected chi connectivity index (χ0v) is 12.2. The van der Waals surface area contributed by atoms with E-state index in [-0.39, 0.29) is 6.10 Å². The molecule has 1 aromatic rings. The number of aromatic nitrogens is 4. The Kier molecular flexibility index (Phi) is 4.37. The van der Waals surface area contributed by atoms with Gasteiger partial charge in [-0.2, -0.15) is 0 Å². The molecule has 0 aromatic carbocycles. The van der Waals surface area contributed by atoms with Crippen molar-refractivity contribution in [2.75, 3.05) is 7.11 Å². The highest BCUT2D eigenvalue weighted by atomic mass is 16.5. The molecule has 7 nitrogen and oxygen atoms in total. The van der Waals surface area contributed by atoms with Crippen molar-refractivity contribution in [2.45, 2.75) is 52.2 Å². The van der Waals surface area contributed by atoms with Crippen LogP contribution in [0.3, 0.4) is 0 Å². The number of hydrogen-bond donors (Lipinski definition) is 1. The maximum Gasteiger partial charge on any atom is 0.311 e. The van der Waals surface area contributed by atoms with E-state index in [0.717, 1.165) is 12.8 Å². The summed E-state index contributed by atoms with van der Waals surface area (Å²) in [6.07, 6.45) is 2.96. The molecule has 2 rings (SSSR count). The number of methoxy groups -OCH3 is 1. The molecule has 7 heteroatoms. The second-order valence-corrected chi connectivity index (χ2v) is 5.84. The van der Waals surface area contributed by atoms with Gasteiger partial charge in [0.05, 0.1) is 12.0 Å². The van der Waals surface area contributed by atoms with Crippen LogP contribution in [0.4, 0.5) is 0 Å². The minimum atomic E-state index is -0.760. The van der Waals surface area contributed by atoms with Gasteiger partial charge in [0, 0.05) is 7.11 Å². The molecular weight excluding hydrogens is 260 g/mol. The fourth-order valence-electron chi connectivity index (χ4n) is 2.76. The molecule has 0 saturated heterocycles. The molecule has 1 unspecified atom stereocenters. The van der Waals surface area contributed by atoms with Gasteiger partial charge in [-0.1, -0.05) is 6.92 Å². The second-order valence-electron chi connectivity index (χ2n) is 5.84. The lowest BCUT2D eigenvalue weighted by Crippen LogP contribution is -2.39. The Labute approximate surface area is 118 Å². The molecule has 112 valence electrons. The third kappa shape index (κ3) is 2.82. The number of carboxylic acid groups (broad SMARTS) is 1. The van der Waals surface area contributed by atoms with Gasteiger partial charge < -0.3 is 9.84 Å². The van der Waals surface area contributed by atoms with Crippen molar-refractivity contribution < 1.29 is 14.6 Å². The quantitative estimate of drug-likeness (QED) is 0.883. The molecule has 1 aromatic heterocycles. The first-order valence-electron chi connectivity index (χ1n) is 7.01. The number of tetrazole rings is 1. The van der Waals surface area contributed by atoms with Crippen molar-refractivity contribution in [1.29, 1.82) is 0 Å². The molecule has 1 fully saturated rings. The van der Waals surface area contributed by atoms with Crippen LogP contribution in [0.1, 0.15) is 51.5 Å². The first-order chi connectivity index (χ1) is 9.48. The average molecular weight is 282 g/mol. The summed E-state index contributed by atoms with van der Waals surface area (Å²) >= 11 is 0. The average Bonchev–Trinajstić information content (AvgIpc) is 2.88. The van der Waals surface area contributed by atoms with Crippen molar-refractivity contribution in [3.63, 3.8) is 0 Å². The SMILES string of the molecule is COC(C)c1nnnn1CC1(C(=O)O)CCC(C)CC1. The monoisotopic (exact) mass is 282 g/mol. The molecule has 1 atom stereocenters. The van der Waals surface area contributed by atoms with Gasteiger partial charge in [0.1, 0.15) is 6.10 Å². The van der Waals surface area contributed by atoms with Crippen molar-refractivity contribution in [1.82, 2.24) is 20.2 Å². The lowest BCUT2D eigenvalue weighted by Gasteiger charge is -2.35. The van der Waals surface area contributed by atoms with Gasteiger partial charge in [-0.25, -0.2) is 4.68 Å². The van der Waals surface area contributed by atoms with Crippen LogP contribution in [0.15, 0.2) is 0 Å². The molecule has 1 aliphatic carbocycles. The molecule has 1 aliphatic rings. The van der Waals surface area contributed by atoms with Gasteiger partial charge >= 0.3 is 5.97 Å². The summed E-state index contributed by atoms with van der Waals surface area (Å²) < 4.78 is 6.81. The zero-order valence-electron chi connectivity index (χ0n) is 12.2. The topological polar surface area (TPSA) is 90.1 Å². The van der Waals surface area contributed by atoms with Gasteiger partial charge in [0.25, 0.3) is 0 Å². The molecule has 0 amide bonds. The van der Waals surface area contributed by atoms with Gasteiger partial charge in [-0.3, -0.25) is 4.79 Å². The molecule has 0 radical (unpaired) electrons. The lowest BCUT2D eigenvalue weighted by molar-refractivity contribution is -0.153. The van der Waals surface area contributed by atoms with Crippen LogP contribution in [0, 0.1) is 11.3 Å². The van der Waals surface area contributed by atoms with Crippen LogP contribution in [0.5, 0.6) is 0 Å². The van der Waals surface area contributed by atoms with Gasteiger partial charge in [0.15, 0.2) is 5.82 Å². The Balaban J connectivity index is 2.21. The molecule has 0 aliphatic heterocycles. The maximum absolute atomic E-state index is 11.7. The van der Waals surface area contributed by atoms with E-state index in [1.54, 1.807) is 11.8 Å². The van der Waals surface area contributed by atoms with E-state index in [1.807, 2.05) is 6.92 Å². The largest absolute Gasteiger partial charge is 0.481 e. The third-order valence-corrected chi connectivity index (χ3v) is 4.41. The molecular formula is C13H22N4O3. The number of aliphatic carboxylic acids is 1. The van der Waals surface area contributed by atoms with Crippen LogP contribution in [0.2, 0.25) is 0 Å². The minimum Gasteiger partial charge on any atom is -0.481 e. The Morgan fingerprint density at radius 1 is 1.55 bits per heavy atom. The maximum atomic E-state index is 11.7. The number of carboxylic acids is 1. The summed E-state index contributed by atoms with van der Waals surface area (Å²) in [4.78, 5) is 11.7. The Morgan fingerprint density at radius 3 is 2.75 bits per heavy atom. The smallest absolute Gasteiger partial charge is 0.311 e. The fraction of sp³-hybridized carbons (Fsp3) is 0.846. The van der Waals surface area contributed by atoms with Crippen molar-refractivity contribution in [3.8, 4) is 0 Å². The second kappa shape index (κ2) is 5.87. The Morgan fingerprint density at radius 2 is 2.20 bits per heavy atom. The van der Waals surface area contributed by atoms with Crippen molar-refractivity contribution >= 4 is 5.97 Å².